The minimum atomic E-state index is -1.47. The zero-order chi connectivity index (χ0) is 22.5. The molecule has 0 spiro atoms. The second-order valence-corrected chi connectivity index (χ2v) is 9.84. The third-order valence-corrected chi connectivity index (χ3v) is 5.04. The van der Waals surface area contributed by atoms with Crippen LogP contribution < -0.4 is 4.90 Å². The number of anilines is 1. The molecule has 166 valence electrons. The number of hydrogen-bond donors (Lipinski definition) is 2. The summed E-state index contributed by atoms with van der Waals surface area (Å²) in [5.74, 6) is -0.549. The summed E-state index contributed by atoms with van der Waals surface area (Å²) in [6.07, 6.45) is -0.333. The van der Waals surface area contributed by atoms with Gasteiger partial charge >= 0.3 is 6.03 Å². The molecule has 0 unspecified atom stereocenters. The summed E-state index contributed by atoms with van der Waals surface area (Å²) in [5.41, 5.74) is -0.385. The highest BCUT2D eigenvalue weighted by molar-refractivity contribution is 7.09. The van der Waals surface area contributed by atoms with Gasteiger partial charge in [-0.25, -0.2) is 4.79 Å². The number of aromatic nitrogens is 2. The number of imide groups is 1. The molecule has 3 amide bonds. The van der Waals surface area contributed by atoms with Gasteiger partial charge in [0, 0.05) is 11.4 Å². The van der Waals surface area contributed by atoms with E-state index in [1.165, 1.54) is 0 Å². The fourth-order valence-corrected chi connectivity index (χ4v) is 3.35. The van der Waals surface area contributed by atoms with Crippen molar-refractivity contribution in [3.05, 3.63) is 28.3 Å². The Bertz CT molecular complexity index is 829. The minimum Gasteiger partial charge on any atom is -0.383 e. The molecular formula is C20H30N4O5S. The van der Waals surface area contributed by atoms with Gasteiger partial charge in [-0.3, -0.25) is 14.9 Å². The molecular weight excluding hydrogens is 408 g/mol. The number of carbonyl (C=O) groups is 2. The highest BCUT2D eigenvalue weighted by Gasteiger charge is 2.34. The van der Waals surface area contributed by atoms with E-state index in [0.29, 0.717) is 18.7 Å². The summed E-state index contributed by atoms with van der Waals surface area (Å²) in [6.45, 7) is 9.70. The van der Waals surface area contributed by atoms with Crippen LogP contribution in [0.4, 0.5) is 10.7 Å². The Hall–Kier alpha value is -2.30. The van der Waals surface area contributed by atoms with Gasteiger partial charge in [-0.1, -0.05) is 40.7 Å². The number of aliphatic hydroxyl groups excluding tert-OH is 1. The second-order valence-electron chi connectivity index (χ2n) is 8.81. The molecule has 0 aliphatic carbocycles. The first-order chi connectivity index (χ1) is 14.0. The summed E-state index contributed by atoms with van der Waals surface area (Å²) in [4.78, 5) is 31.6. The molecule has 9 nitrogen and oxygen atoms in total. The first-order valence-corrected chi connectivity index (χ1v) is 10.7. The zero-order valence-electron chi connectivity index (χ0n) is 18.0. The monoisotopic (exact) mass is 438 g/mol. The molecule has 2 aromatic rings. The fraction of sp³-hybridized carbons (Fsp3) is 0.600. The maximum absolute atomic E-state index is 12.9. The van der Waals surface area contributed by atoms with Gasteiger partial charge < -0.3 is 9.63 Å². The maximum Gasteiger partial charge on any atom is 0.358 e. The van der Waals surface area contributed by atoms with Crippen molar-refractivity contribution in [3.8, 4) is 0 Å². The van der Waals surface area contributed by atoms with Crippen LogP contribution in [0.25, 0.3) is 0 Å². The fourth-order valence-electron chi connectivity index (χ4n) is 2.65. The van der Waals surface area contributed by atoms with Crippen LogP contribution in [0.3, 0.4) is 0 Å². The van der Waals surface area contributed by atoms with Gasteiger partial charge in [-0.2, -0.15) is 4.98 Å². The van der Waals surface area contributed by atoms with E-state index in [-0.39, 0.29) is 35.3 Å². The van der Waals surface area contributed by atoms with Gasteiger partial charge in [0.15, 0.2) is 0 Å². The van der Waals surface area contributed by atoms with Crippen molar-refractivity contribution >= 4 is 29.2 Å². The van der Waals surface area contributed by atoms with Crippen LogP contribution in [0.2, 0.25) is 0 Å². The topological polar surface area (TPSA) is 120 Å². The van der Waals surface area contributed by atoms with Gasteiger partial charge in [0.05, 0.1) is 6.42 Å². The quantitative estimate of drug-likeness (QED) is 0.476. The van der Waals surface area contributed by atoms with Crippen LogP contribution in [0.15, 0.2) is 22.0 Å². The first kappa shape index (κ1) is 24.0. The molecule has 30 heavy (non-hydrogen) atoms. The molecule has 2 rings (SSSR count). The van der Waals surface area contributed by atoms with Crippen LogP contribution in [-0.4, -0.2) is 50.1 Å². The van der Waals surface area contributed by atoms with E-state index in [9.17, 15) is 19.9 Å². The van der Waals surface area contributed by atoms with E-state index in [1.807, 2.05) is 52.1 Å². The standard InChI is InChI=1S/C20H30N4O5S/c1-13(2)8-9-15(25)17(26)24(28)19(27)23(12-20(3,4)5)18-21-16(29-22-18)11-14-7-6-10-30-14/h6-7,10,13,15,25,28H,8-9,11-12H2,1-5H3/t15-/m0/s1. The Balaban J connectivity index is 2.18. The molecule has 0 bridgehead atoms. The number of amides is 3. The second kappa shape index (κ2) is 10.1. The van der Waals surface area contributed by atoms with E-state index in [2.05, 4.69) is 10.1 Å². The lowest BCUT2D eigenvalue weighted by Crippen LogP contribution is -2.50. The summed E-state index contributed by atoms with van der Waals surface area (Å²) < 4.78 is 5.25. The van der Waals surface area contributed by atoms with Crippen LogP contribution in [0.1, 0.15) is 58.2 Å². The Labute approximate surface area is 180 Å². The molecule has 0 saturated heterocycles. The highest BCUT2D eigenvalue weighted by atomic mass is 32.1. The van der Waals surface area contributed by atoms with Crippen LogP contribution in [0, 0.1) is 11.3 Å². The zero-order valence-corrected chi connectivity index (χ0v) is 18.8. The lowest BCUT2D eigenvalue weighted by atomic mass is 9.96. The number of rotatable bonds is 8. The van der Waals surface area contributed by atoms with Crippen molar-refractivity contribution in [2.75, 3.05) is 11.4 Å². The van der Waals surface area contributed by atoms with Crippen molar-refractivity contribution in [3.63, 3.8) is 0 Å². The van der Waals surface area contributed by atoms with Gasteiger partial charge in [0.1, 0.15) is 6.10 Å². The van der Waals surface area contributed by atoms with E-state index in [0.717, 1.165) is 9.78 Å². The van der Waals surface area contributed by atoms with Crippen molar-refractivity contribution in [1.82, 2.24) is 15.2 Å². The summed E-state index contributed by atoms with van der Waals surface area (Å²) >= 11 is 1.54. The molecule has 2 heterocycles. The number of hydroxylamine groups is 2. The van der Waals surface area contributed by atoms with Gasteiger partial charge in [-0.15, -0.1) is 16.4 Å². The SMILES string of the molecule is CC(C)CC[C@H](O)C(=O)N(O)C(=O)N(CC(C)(C)C)c1noc(Cc2cccs2)n1. The molecule has 0 saturated carbocycles. The molecule has 0 aromatic carbocycles. The number of nitrogens with zero attached hydrogens (tertiary/aromatic N) is 4. The summed E-state index contributed by atoms with van der Waals surface area (Å²) in [5, 5.41) is 26.0. The average Bonchev–Trinajstić information content (AvgIpc) is 3.34. The Kier molecular flexibility index (Phi) is 8.10. The van der Waals surface area contributed by atoms with Gasteiger partial charge in [-0.05, 0) is 40.8 Å². The number of urea groups is 1. The Morgan fingerprint density at radius 3 is 2.53 bits per heavy atom. The molecule has 0 fully saturated rings. The first-order valence-electron chi connectivity index (χ1n) is 9.85. The van der Waals surface area contributed by atoms with E-state index >= 15 is 0 Å². The van der Waals surface area contributed by atoms with E-state index in [1.54, 1.807) is 11.3 Å². The van der Waals surface area contributed by atoms with Crippen LogP contribution in [0.5, 0.6) is 0 Å². The van der Waals surface area contributed by atoms with Crippen molar-refractivity contribution in [2.45, 2.75) is 60.0 Å². The lowest BCUT2D eigenvalue weighted by Gasteiger charge is -2.29. The summed E-state index contributed by atoms with van der Waals surface area (Å²) in [6, 6.07) is 2.80. The predicted molar refractivity (Wildman–Crippen MR) is 112 cm³/mol. The third kappa shape index (κ3) is 6.89. The molecule has 10 heteroatoms. The third-order valence-electron chi connectivity index (χ3n) is 4.16. The molecule has 1 atom stereocenters. The summed E-state index contributed by atoms with van der Waals surface area (Å²) in [7, 11) is 0. The number of thiophene rings is 1. The van der Waals surface area contributed by atoms with Crippen LogP contribution in [-0.2, 0) is 11.2 Å². The van der Waals surface area contributed by atoms with Crippen molar-refractivity contribution < 1.29 is 24.4 Å². The maximum atomic E-state index is 12.9. The van der Waals surface area contributed by atoms with Crippen molar-refractivity contribution in [2.24, 2.45) is 11.3 Å². The average molecular weight is 439 g/mol. The predicted octanol–water partition coefficient (Wildman–Crippen LogP) is 3.71. The van der Waals surface area contributed by atoms with Gasteiger partial charge in [0.25, 0.3) is 11.9 Å². The molecule has 2 aromatic heterocycles. The molecule has 0 radical (unpaired) electrons. The Morgan fingerprint density at radius 2 is 1.97 bits per heavy atom. The minimum absolute atomic E-state index is 0.0509. The van der Waals surface area contributed by atoms with E-state index < -0.39 is 18.0 Å². The Morgan fingerprint density at radius 1 is 1.27 bits per heavy atom. The van der Waals surface area contributed by atoms with Crippen LogP contribution >= 0.6 is 11.3 Å². The lowest BCUT2D eigenvalue weighted by molar-refractivity contribution is -0.162. The van der Waals surface area contributed by atoms with Crippen molar-refractivity contribution in [1.29, 1.82) is 0 Å². The number of carbonyl (C=O) groups excluding carboxylic acids is 2. The van der Waals surface area contributed by atoms with E-state index in [4.69, 9.17) is 4.52 Å². The highest BCUT2D eigenvalue weighted by Crippen LogP contribution is 2.22. The smallest absolute Gasteiger partial charge is 0.358 e. The number of aliphatic hydroxyl groups is 1. The molecule has 0 aliphatic rings. The molecule has 0 aliphatic heterocycles. The number of hydrogen-bond acceptors (Lipinski definition) is 8. The van der Waals surface area contributed by atoms with Gasteiger partial charge in [0.2, 0.25) is 5.89 Å². The molecule has 2 N–H and O–H groups in total. The largest absolute Gasteiger partial charge is 0.383 e. The normalized spacial score (nSPS) is 12.8.